The summed E-state index contributed by atoms with van der Waals surface area (Å²) in [6.45, 7) is 8.26. The van der Waals surface area contributed by atoms with Gasteiger partial charge in [0.25, 0.3) is 0 Å². The van der Waals surface area contributed by atoms with Crippen molar-refractivity contribution in [2.75, 3.05) is 32.8 Å². The van der Waals surface area contributed by atoms with Gasteiger partial charge >= 0.3 is 0 Å². The maximum atomic E-state index is 12.7. The Hall–Kier alpha value is -1.14. The van der Waals surface area contributed by atoms with Crippen molar-refractivity contribution >= 4 is 11.8 Å². The highest BCUT2D eigenvalue weighted by Crippen LogP contribution is 2.17. The number of nitrogens with two attached hydrogens (primary N) is 1. The highest BCUT2D eigenvalue weighted by atomic mass is 16.5. The Labute approximate surface area is 127 Å². The number of hydrogen-bond donors (Lipinski definition) is 2. The molecule has 6 heteroatoms. The van der Waals surface area contributed by atoms with Gasteiger partial charge in [-0.25, -0.2) is 0 Å². The monoisotopic (exact) mass is 299 g/mol. The highest BCUT2D eigenvalue weighted by molar-refractivity contribution is 5.89. The van der Waals surface area contributed by atoms with Gasteiger partial charge in [-0.15, -0.1) is 0 Å². The van der Waals surface area contributed by atoms with E-state index in [-0.39, 0.29) is 24.3 Å². The van der Waals surface area contributed by atoms with Gasteiger partial charge in [-0.3, -0.25) is 9.59 Å². The number of carbonyl (C=O) groups is 2. The Morgan fingerprint density at radius 1 is 1.43 bits per heavy atom. The summed E-state index contributed by atoms with van der Waals surface area (Å²) in [6, 6.07) is -0.529. The largest absolute Gasteiger partial charge is 0.377 e. The van der Waals surface area contributed by atoms with E-state index < -0.39 is 6.04 Å². The van der Waals surface area contributed by atoms with E-state index in [2.05, 4.69) is 19.2 Å². The molecule has 0 aromatic carbocycles. The van der Waals surface area contributed by atoms with E-state index in [4.69, 9.17) is 10.5 Å². The van der Waals surface area contributed by atoms with Crippen LogP contribution in [0.5, 0.6) is 0 Å². The number of morpholine rings is 1. The zero-order valence-electron chi connectivity index (χ0n) is 13.4. The summed E-state index contributed by atoms with van der Waals surface area (Å²) in [6.07, 6.45) is 1.61. The van der Waals surface area contributed by atoms with Gasteiger partial charge in [0.1, 0.15) is 6.04 Å². The molecule has 0 radical (unpaired) electrons. The predicted molar refractivity (Wildman–Crippen MR) is 81.6 cm³/mol. The smallest absolute Gasteiger partial charge is 0.245 e. The quantitative estimate of drug-likeness (QED) is 0.711. The van der Waals surface area contributed by atoms with Crippen LogP contribution in [-0.2, 0) is 14.3 Å². The molecule has 1 rings (SSSR count). The summed E-state index contributed by atoms with van der Waals surface area (Å²) in [5, 5.41) is 2.84. The van der Waals surface area contributed by atoms with E-state index in [1.807, 2.05) is 6.92 Å². The van der Waals surface area contributed by atoms with Crippen LogP contribution in [0.2, 0.25) is 0 Å². The molecule has 1 saturated heterocycles. The van der Waals surface area contributed by atoms with Gasteiger partial charge in [-0.2, -0.15) is 0 Å². The normalized spacial score (nSPS) is 20.4. The molecule has 1 aliphatic rings. The maximum absolute atomic E-state index is 12.7. The molecule has 6 nitrogen and oxygen atoms in total. The lowest BCUT2D eigenvalue weighted by atomic mass is 9.95. The molecular weight excluding hydrogens is 270 g/mol. The topological polar surface area (TPSA) is 84.7 Å². The molecule has 0 aromatic heterocycles. The first-order valence-electron chi connectivity index (χ1n) is 7.87. The van der Waals surface area contributed by atoms with E-state index in [1.54, 1.807) is 4.90 Å². The second-order valence-electron chi connectivity index (χ2n) is 5.98. The Morgan fingerprint density at radius 2 is 2.14 bits per heavy atom. The van der Waals surface area contributed by atoms with Crippen molar-refractivity contribution in [3.05, 3.63) is 0 Å². The number of rotatable bonds is 7. The molecule has 0 spiro atoms. The zero-order valence-corrected chi connectivity index (χ0v) is 13.4. The van der Waals surface area contributed by atoms with Gasteiger partial charge < -0.3 is 20.7 Å². The molecule has 3 N–H and O–H groups in total. The molecule has 0 saturated carbocycles. The van der Waals surface area contributed by atoms with E-state index >= 15 is 0 Å². The number of hydrogen-bond acceptors (Lipinski definition) is 4. The fraction of sp³-hybridized carbons (Fsp3) is 0.867. The third kappa shape index (κ3) is 5.28. The van der Waals surface area contributed by atoms with E-state index in [0.29, 0.717) is 32.2 Å². The van der Waals surface area contributed by atoms with E-state index in [1.165, 1.54) is 0 Å². The summed E-state index contributed by atoms with van der Waals surface area (Å²) in [7, 11) is 0. The van der Waals surface area contributed by atoms with Crippen molar-refractivity contribution in [1.82, 2.24) is 10.2 Å². The first-order chi connectivity index (χ1) is 10.0. The lowest BCUT2D eigenvalue weighted by Crippen LogP contribution is -2.57. The molecule has 1 aliphatic heterocycles. The van der Waals surface area contributed by atoms with Crippen LogP contribution in [0.3, 0.4) is 0 Å². The summed E-state index contributed by atoms with van der Waals surface area (Å²) in [5.74, 6) is 0.0249. The summed E-state index contributed by atoms with van der Waals surface area (Å²) in [4.78, 5) is 26.5. The van der Waals surface area contributed by atoms with Crippen LogP contribution in [-0.4, -0.2) is 55.6 Å². The Balaban J connectivity index is 2.74. The van der Waals surface area contributed by atoms with Crippen molar-refractivity contribution in [2.24, 2.45) is 17.6 Å². The second kappa shape index (κ2) is 9.00. The summed E-state index contributed by atoms with van der Waals surface area (Å²) < 4.78 is 5.37. The first-order valence-corrected chi connectivity index (χ1v) is 7.87. The van der Waals surface area contributed by atoms with Gasteiger partial charge in [0.2, 0.25) is 11.8 Å². The average molecular weight is 299 g/mol. The van der Waals surface area contributed by atoms with Gasteiger partial charge in [-0.05, 0) is 18.8 Å². The van der Waals surface area contributed by atoms with Crippen LogP contribution in [0.1, 0.15) is 33.6 Å². The van der Waals surface area contributed by atoms with Crippen LogP contribution in [0.4, 0.5) is 0 Å². The van der Waals surface area contributed by atoms with Crippen LogP contribution in [0, 0.1) is 11.8 Å². The van der Waals surface area contributed by atoms with Gasteiger partial charge in [0.15, 0.2) is 0 Å². The number of carbonyl (C=O) groups excluding carboxylic acids is 2. The second-order valence-corrected chi connectivity index (χ2v) is 5.98. The summed E-state index contributed by atoms with van der Waals surface area (Å²) in [5.41, 5.74) is 5.75. The highest BCUT2D eigenvalue weighted by Gasteiger charge is 2.35. The molecule has 2 atom stereocenters. The molecule has 0 aromatic rings. The third-order valence-electron chi connectivity index (χ3n) is 3.65. The molecule has 1 heterocycles. The number of nitrogens with one attached hydrogen (secondary N) is 1. The lowest BCUT2D eigenvalue weighted by Gasteiger charge is -2.36. The van der Waals surface area contributed by atoms with Crippen molar-refractivity contribution in [1.29, 1.82) is 0 Å². The molecular formula is C15H29N3O3. The number of amides is 2. The van der Waals surface area contributed by atoms with Crippen LogP contribution in [0.25, 0.3) is 0 Å². The molecule has 2 unspecified atom stereocenters. The fourth-order valence-electron chi connectivity index (χ4n) is 2.55. The van der Waals surface area contributed by atoms with Gasteiger partial charge in [0, 0.05) is 19.6 Å². The zero-order chi connectivity index (χ0) is 15.8. The molecule has 1 fully saturated rings. The van der Waals surface area contributed by atoms with E-state index in [9.17, 15) is 9.59 Å². The van der Waals surface area contributed by atoms with Crippen molar-refractivity contribution < 1.29 is 14.3 Å². The molecule has 21 heavy (non-hydrogen) atoms. The minimum atomic E-state index is -0.529. The standard InChI is InChI=1S/C15H29N3O3/c1-4-5-17-14(19)13-10-21-7-6-18(13)15(20)12(9-16)8-11(2)3/h11-13H,4-10,16H2,1-3H3,(H,17,19). The van der Waals surface area contributed by atoms with Crippen LogP contribution >= 0.6 is 0 Å². The minimum absolute atomic E-state index is 0.0221. The molecule has 0 bridgehead atoms. The van der Waals surface area contributed by atoms with Crippen molar-refractivity contribution in [3.8, 4) is 0 Å². The Morgan fingerprint density at radius 3 is 2.71 bits per heavy atom. The SMILES string of the molecule is CCCNC(=O)C1COCCN1C(=O)C(CN)CC(C)C. The predicted octanol–water partition coefficient (Wildman–Crippen LogP) is 0.361. The van der Waals surface area contributed by atoms with Gasteiger partial charge in [0.05, 0.1) is 19.1 Å². The Bertz CT molecular complexity index is 347. The average Bonchev–Trinajstić information content (AvgIpc) is 2.49. The molecule has 122 valence electrons. The van der Waals surface area contributed by atoms with Crippen molar-refractivity contribution in [2.45, 2.75) is 39.7 Å². The van der Waals surface area contributed by atoms with E-state index in [0.717, 1.165) is 12.8 Å². The first kappa shape index (κ1) is 17.9. The molecule has 0 aliphatic carbocycles. The van der Waals surface area contributed by atoms with Crippen LogP contribution in [0.15, 0.2) is 0 Å². The third-order valence-corrected chi connectivity index (χ3v) is 3.65. The van der Waals surface area contributed by atoms with Crippen LogP contribution < -0.4 is 11.1 Å². The molecule has 2 amide bonds. The minimum Gasteiger partial charge on any atom is -0.377 e. The Kier molecular flexibility index (Phi) is 7.67. The number of nitrogens with zero attached hydrogens (tertiary/aromatic N) is 1. The lowest BCUT2D eigenvalue weighted by molar-refractivity contribution is -0.151. The summed E-state index contributed by atoms with van der Waals surface area (Å²) >= 11 is 0. The van der Waals surface area contributed by atoms with Gasteiger partial charge in [-0.1, -0.05) is 20.8 Å². The maximum Gasteiger partial charge on any atom is 0.245 e. The fourth-order valence-corrected chi connectivity index (χ4v) is 2.55. The number of ether oxygens (including phenoxy) is 1. The van der Waals surface area contributed by atoms with Crippen molar-refractivity contribution in [3.63, 3.8) is 0 Å².